The highest BCUT2D eigenvalue weighted by Crippen LogP contribution is 2.20. The highest BCUT2D eigenvalue weighted by Gasteiger charge is 2.39. The molecule has 0 spiro atoms. The number of hydrogen-bond acceptors (Lipinski definition) is 4. The fourth-order valence-corrected chi connectivity index (χ4v) is 4.49. The Morgan fingerprint density at radius 3 is 2.15 bits per heavy atom. The van der Waals surface area contributed by atoms with Gasteiger partial charge in [0.15, 0.2) is 5.79 Å². The maximum absolute atomic E-state index is 12.0. The first-order chi connectivity index (χ1) is 9.19. The van der Waals surface area contributed by atoms with E-state index in [-0.39, 0.29) is 3.58 Å². The number of rotatable bonds is 2. The van der Waals surface area contributed by atoms with E-state index in [1.165, 1.54) is 5.56 Å². The van der Waals surface area contributed by atoms with E-state index in [1.54, 1.807) is 13.8 Å². The molecule has 0 fully saturated rings. The van der Waals surface area contributed by atoms with Gasteiger partial charge in [0.05, 0.1) is 0 Å². The largest absolute Gasteiger partial charge is 0.572 e. The van der Waals surface area contributed by atoms with E-state index in [9.17, 15) is 9.90 Å². The second kappa shape index (κ2) is 5.27. The van der Waals surface area contributed by atoms with Crippen molar-refractivity contribution in [2.45, 2.75) is 40.4 Å². The number of cyclic esters (lactones) is 1. The number of benzene rings is 1. The number of carbonyl (C=O) groups is 1. The first-order valence-electron chi connectivity index (χ1n) is 6.26. The van der Waals surface area contributed by atoms with E-state index in [4.69, 9.17) is 9.47 Å². The third-order valence-corrected chi connectivity index (χ3v) is 6.47. The molecule has 0 saturated heterocycles. The van der Waals surface area contributed by atoms with Crippen molar-refractivity contribution in [2.24, 2.45) is 0 Å². The molecule has 1 heterocycles. The summed E-state index contributed by atoms with van der Waals surface area (Å²) in [5, 5.41) is 12.0. The Kier molecular flexibility index (Phi) is 4.00. The summed E-state index contributed by atoms with van der Waals surface area (Å²) in [6, 6.07) is 4.12. The third kappa shape index (κ3) is 3.08. The van der Waals surface area contributed by atoms with Crippen LogP contribution in [-0.2, 0) is 14.3 Å². The normalized spacial score (nSPS) is 17.8. The molecule has 2 rings (SSSR count). The van der Waals surface area contributed by atoms with Gasteiger partial charge in [-0.2, -0.15) is 0 Å². The van der Waals surface area contributed by atoms with Gasteiger partial charge in [-0.25, -0.2) is 4.79 Å². The van der Waals surface area contributed by atoms with Gasteiger partial charge in [0.25, 0.3) is 3.58 Å². The van der Waals surface area contributed by atoms with Crippen molar-refractivity contribution in [3.63, 3.8) is 0 Å². The topological polar surface area (TPSA) is 58.6 Å². The first-order valence-corrected chi connectivity index (χ1v) is 8.41. The minimum Gasteiger partial charge on any atom is -0.572 e. The lowest BCUT2D eigenvalue weighted by Crippen LogP contribution is -3.61. The van der Waals surface area contributed by atoms with Gasteiger partial charge < -0.3 is 14.6 Å². The van der Waals surface area contributed by atoms with Crippen LogP contribution in [-0.4, -0.2) is 11.8 Å². The Bertz CT molecular complexity index is 579. The number of carbonyl (C=O) groups excluding carboxylic acids is 1. The molecule has 0 aromatic heterocycles. The van der Waals surface area contributed by atoms with E-state index in [2.05, 4.69) is 12.1 Å². The van der Waals surface area contributed by atoms with Crippen molar-refractivity contribution in [3.05, 3.63) is 41.9 Å². The Hall–Kier alpha value is -1.24. The van der Waals surface area contributed by atoms with Crippen LogP contribution in [0.3, 0.4) is 0 Å². The van der Waals surface area contributed by atoms with Gasteiger partial charge in [-0.3, -0.25) is 0 Å². The van der Waals surface area contributed by atoms with Crippen molar-refractivity contribution < 1.29 is 40.6 Å². The molecule has 1 aliphatic rings. The van der Waals surface area contributed by atoms with Crippen molar-refractivity contribution in [1.82, 2.24) is 0 Å². The fraction of sp³-hybridized carbons (Fsp3) is 0.400. The zero-order chi connectivity index (χ0) is 15.1. The van der Waals surface area contributed by atoms with Crippen molar-refractivity contribution in [2.75, 3.05) is 0 Å². The fourth-order valence-electron chi connectivity index (χ4n) is 2.12. The highest BCUT2D eigenvalue weighted by molar-refractivity contribution is 5.86. The number of ether oxygens (including phenoxy) is 2. The Morgan fingerprint density at radius 2 is 1.65 bits per heavy atom. The Labute approximate surface area is 129 Å². The van der Waals surface area contributed by atoms with E-state index in [0.29, 0.717) is 0 Å². The first kappa shape index (κ1) is 15.2. The van der Waals surface area contributed by atoms with E-state index in [0.717, 1.165) is 14.7 Å². The number of halogens is 1. The molecular formula is C15H17IO4. The van der Waals surface area contributed by atoms with Crippen LogP contribution in [0.15, 0.2) is 21.7 Å². The minimum atomic E-state index is -1.17. The highest BCUT2D eigenvalue weighted by atomic mass is 127. The third-order valence-electron chi connectivity index (χ3n) is 2.81. The molecule has 4 nitrogen and oxygen atoms in total. The predicted molar refractivity (Wildman–Crippen MR) is 67.6 cm³/mol. The van der Waals surface area contributed by atoms with Crippen LogP contribution < -0.4 is 26.3 Å². The summed E-state index contributed by atoms with van der Waals surface area (Å²) in [6.07, 6.45) is 0. The monoisotopic (exact) mass is 388 g/mol. The molecule has 0 amide bonds. The SMILES string of the molecule is Cc1cc(C)c([I+]C2=C([O-])OC(C)(C)OC2=O)c(C)c1. The standard InChI is InChI=1S/C15H17IO4/c1-8-6-9(2)11(10(3)7-8)16-12-13(17)19-15(4,5)20-14(12)18/h6-7H,1-5H3. The molecule has 0 saturated carbocycles. The molecule has 0 unspecified atom stereocenters. The predicted octanol–water partition coefficient (Wildman–Crippen LogP) is -1.29. The summed E-state index contributed by atoms with van der Waals surface area (Å²) >= 11 is -0.906. The molecular weight excluding hydrogens is 371 g/mol. The Morgan fingerprint density at radius 1 is 1.10 bits per heavy atom. The maximum atomic E-state index is 12.0. The molecule has 0 bridgehead atoms. The second-order valence-electron chi connectivity index (χ2n) is 5.30. The van der Waals surface area contributed by atoms with Crippen molar-refractivity contribution in [1.29, 1.82) is 0 Å². The minimum absolute atomic E-state index is 0.165. The van der Waals surface area contributed by atoms with Crippen LogP contribution >= 0.6 is 0 Å². The summed E-state index contributed by atoms with van der Waals surface area (Å²) < 4.78 is 11.5. The van der Waals surface area contributed by atoms with Gasteiger partial charge in [0, 0.05) is 11.1 Å². The molecule has 0 radical (unpaired) electrons. The van der Waals surface area contributed by atoms with Gasteiger partial charge >= 0.3 is 27.2 Å². The van der Waals surface area contributed by atoms with Crippen molar-refractivity contribution >= 4 is 5.97 Å². The maximum Gasteiger partial charge on any atom is 0.388 e. The zero-order valence-electron chi connectivity index (χ0n) is 12.2. The van der Waals surface area contributed by atoms with Crippen LogP contribution in [0.4, 0.5) is 0 Å². The molecule has 1 aromatic rings. The van der Waals surface area contributed by atoms with Crippen LogP contribution in [0.25, 0.3) is 0 Å². The molecule has 20 heavy (non-hydrogen) atoms. The lowest BCUT2D eigenvalue weighted by molar-refractivity contribution is -0.589. The molecule has 108 valence electrons. The van der Waals surface area contributed by atoms with Crippen LogP contribution in [0.1, 0.15) is 30.5 Å². The second-order valence-corrected chi connectivity index (χ2v) is 8.00. The van der Waals surface area contributed by atoms with Crippen LogP contribution in [0.5, 0.6) is 0 Å². The number of hydrogen-bond donors (Lipinski definition) is 0. The average Bonchev–Trinajstić information content (AvgIpc) is 2.24. The smallest absolute Gasteiger partial charge is 0.388 e. The number of aryl methyl sites for hydroxylation is 3. The average molecular weight is 388 g/mol. The lowest BCUT2D eigenvalue weighted by Gasteiger charge is -2.36. The van der Waals surface area contributed by atoms with Crippen LogP contribution in [0, 0.1) is 24.3 Å². The summed E-state index contributed by atoms with van der Waals surface area (Å²) in [5.74, 6) is -2.25. The summed E-state index contributed by atoms with van der Waals surface area (Å²) in [4.78, 5) is 12.0. The quantitative estimate of drug-likeness (QED) is 0.468. The summed E-state index contributed by atoms with van der Waals surface area (Å²) in [7, 11) is 0. The van der Waals surface area contributed by atoms with Gasteiger partial charge in [-0.15, -0.1) is 0 Å². The molecule has 5 heteroatoms. The molecule has 0 N–H and O–H groups in total. The molecule has 1 aliphatic heterocycles. The molecule has 1 aromatic carbocycles. The zero-order valence-corrected chi connectivity index (χ0v) is 14.3. The van der Waals surface area contributed by atoms with E-state index in [1.807, 2.05) is 20.8 Å². The molecule has 0 atom stereocenters. The van der Waals surface area contributed by atoms with Gasteiger partial charge in [-0.1, -0.05) is 17.7 Å². The van der Waals surface area contributed by atoms with E-state index < -0.39 is 38.9 Å². The Balaban J connectivity index is 2.38. The number of esters is 1. The van der Waals surface area contributed by atoms with Crippen LogP contribution in [0.2, 0.25) is 0 Å². The summed E-state index contributed by atoms with van der Waals surface area (Å²) in [5.41, 5.74) is 3.38. The van der Waals surface area contributed by atoms with E-state index >= 15 is 0 Å². The lowest BCUT2D eigenvalue weighted by atomic mass is 10.1. The van der Waals surface area contributed by atoms with Crippen molar-refractivity contribution in [3.8, 4) is 0 Å². The summed E-state index contributed by atoms with van der Waals surface area (Å²) in [6.45, 7) is 9.14. The van der Waals surface area contributed by atoms with Gasteiger partial charge in [0.1, 0.15) is 5.95 Å². The van der Waals surface area contributed by atoms with Gasteiger partial charge in [0.2, 0.25) is 3.57 Å². The van der Waals surface area contributed by atoms with Gasteiger partial charge in [-0.05, 0) is 34.6 Å². The molecule has 0 aliphatic carbocycles.